The van der Waals surface area contributed by atoms with E-state index in [1.165, 1.54) is 18.4 Å². The fraction of sp³-hybridized carbons (Fsp3) is 0.467. The Bertz CT molecular complexity index is 500. The van der Waals surface area contributed by atoms with Crippen molar-refractivity contribution in [3.8, 4) is 0 Å². The molecule has 5 nitrogen and oxygen atoms in total. The molecule has 0 amide bonds. The van der Waals surface area contributed by atoms with Crippen LogP contribution in [0, 0.1) is 0 Å². The Balaban J connectivity index is 1.38. The molecule has 1 aliphatic rings. The average Bonchev–Trinajstić information content (AvgIpc) is 3.12. The molecule has 1 fully saturated rings. The van der Waals surface area contributed by atoms with Crippen molar-refractivity contribution in [2.75, 3.05) is 19.6 Å². The highest BCUT2D eigenvalue weighted by Crippen LogP contribution is 2.13. The van der Waals surface area contributed by atoms with Gasteiger partial charge in [-0.15, -0.1) is 0 Å². The van der Waals surface area contributed by atoms with Crippen LogP contribution in [0.3, 0.4) is 0 Å². The van der Waals surface area contributed by atoms with Crippen molar-refractivity contribution in [1.82, 2.24) is 20.4 Å². The highest BCUT2D eigenvalue weighted by atomic mass is 16.5. The monoisotopic (exact) mass is 272 g/mol. The number of nitrogens with zero attached hydrogens (tertiary/aromatic N) is 3. The van der Waals surface area contributed by atoms with Gasteiger partial charge in [-0.1, -0.05) is 35.5 Å². The first-order valence-corrected chi connectivity index (χ1v) is 7.15. The third-order valence-electron chi connectivity index (χ3n) is 3.71. The van der Waals surface area contributed by atoms with Crippen molar-refractivity contribution in [3.05, 3.63) is 48.1 Å². The second kappa shape index (κ2) is 6.63. The second-order valence-electron chi connectivity index (χ2n) is 5.26. The van der Waals surface area contributed by atoms with Crippen LogP contribution in [0.25, 0.3) is 0 Å². The van der Waals surface area contributed by atoms with Gasteiger partial charge in [0.2, 0.25) is 6.39 Å². The molecule has 1 aromatic carbocycles. The molecule has 5 heteroatoms. The molecule has 1 saturated heterocycles. The Morgan fingerprint density at radius 3 is 3.00 bits per heavy atom. The molecule has 1 aliphatic heterocycles. The van der Waals surface area contributed by atoms with E-state index in [1.54, 1.807) is 0 Å². The molecule has 0 saturated carbocycles. The third-order valence-corrected chi connectivity index (χ3v) is 3.71. The lowest BCUT2D eigenvalue weighted by Gasteiger charge is -2.16. The molecule has 1 unspecified atom stereocenters. The molecule has 0 spiro atoms. The lowest BCUT2D eigenvalue weighted by Crippen LogP contribution is -2.33. The van der Waals surface area contributed by atoms with Crippen molar-refractivity contribution in [2.24, 2.45) is 0 Å². The molecule has 3 rings (SSSR count). The zero-order chi connectivity index (χ0) is 13.6. The molecule has 2 aromatic rings. The minimum Gasteiger partial charge on any atom is -0.343 e. The summed E-state index contributed by atoms with van der Waals surface area (Å²) in [5, 5.41) is 7.39. The number of hydrogen-bond donors (Lipinski definition) is 1. The minimum atomic E-state index is 0.575. The van der Waals surface area contributed by atoms with Crippen LogP contribution in [0.1, 0.15) is 17.8 Å². The van der Waals surface area contributed by atoms with Crippen LogP contribution >= 0.6 is 0 Å². The van der Waals surface area contributed by atoms with Crippen LogP contribution < -0.4 is 5.32 Å². The summed E-state index contributed by atoms with van der Waals surface area (Å²) in [6.07, 6.45) is 3.41. The highest BCUT2D eigenvalue weighted by Gasteiger charge is 2.21. The van der Waals surface area contributed by atoms with Crippen LogP contribution in [0.2, 0.25) is 0 Å². The van der Waals surface area contributed by atoms with E-state index in [2.05, 4.69) is 50.7 Å². The van der Waals surface area contributed by atoms with E-state index in [0.717, 1.165) is 38.4 Å². The van der Waals surface area contributed by atoms with E-state index in [1.807, 2.05) is 0 Å². The van der Waals surface area contributed by atoms with Crippen LogP contribution in [-0.2, 0) is 13.0 Å². The van der Waals surface area contributed by atoms with Gasteiger partial charge in [0.1, 0.15) is 0 Å². The van der Waals surface area contributed by atoms with Crippen LogP contribution in [-0.4, -0.2) is 40.7 Å². The van der Waals surface area contributed by atoms with Crippen LogP contribution in [0.4, 0.5) is 0 Å². The molecular formula is C15H20N4O. The summed E-state index contributed by atoms with van der Waals surface area (Å²) >= 11 is 0. The first-order chi connectivity index (χ1) is 9.90. The summed E-state index contributed by atoms with van der Waals surface area (Å²) in [5.74, 6) is 0.775. The summed E-state index contributed by atoms with van der Waals surface area (Å²) in [7, 11) is 0. The fourth-order valence-corrected chi connectivity index (χ4v) is 2.68. The normalized spacial score (nSPS) is 19.5. The van der Waals surface area contributed by atoms with Crippen molar-refractivity contribution in [2.45, 2.75) is 25.4 Å². The molecular weight excluding hydrogens is 252 g/mol. The van der Waals surface area contributed by atoms with Gasteiger partial charge in [0.05, 0.1) is 0 Å². The van der Waals surface area contributed by atoms with Crippen molar-refractivity contribution < 1.29 is 4.52 Å². The van der Waals surface area contributed by atoms with E-state index in [-0.39, 0.29) is 0 Å². The Morgan fingerprint density at radius 1 is 1.30 bits per heavy atom. The molecule has 1 aromatic heterocycles. The summed E-state index contributed by atoms with van der Waals surface area (Å²) in [6.45, 7) is 4.23. The Labute approximate surface area is 119 Å². The molecule has 0 radical (unpaired) electrons. The summed E-state index contributed by atoms with van der Waals surface area (Å²) in [6, 6.07) is 11.2. The third kappa shape index (κ3) is 3.65. The lowest BCUT2D eigenvalue weighted by molar-refractivity contribution is 0.320. The minimum absolute atomic E-state index is 0.575. The number of rotatable bonds is 6. The van der Waals surface area contributed by atoms with Gasteiger partial charge in [-0.3, -0.25) is 4.90 Å². The maximum atomic E-state index is 4.72. The Morgan fingerprint density at radius 2 is 2.20 bits per heavy atom. The van der Waals surface area contributed by atoms with Gasteiger partial charge in [0.15, 0.2) is 5.82 Å². The van der Waals surface area contributed by atoms with Crippen molar-refractivity contribution in [3.63, 3.8) is 0 Å². The van der Waals surface area contributed by atoms with E-state index in [4.69, 9.17) is 4.52 Å². The van der Waals surface area contributed by atoms with Crippen LogP contribution in [0.15, 0.2) is 41.2 Å². The topological polar surface area (TPSA) is 54.2 Å². The summed E-state index contributed by atoms with van der Waals surface area (Å²) in [4.78, 5) is 6.52. The number of nitrogens with one attached hydrogen (secondary N) is 1. The van der Waals surface area contributed by atoms with E-state index in [0.29, 0.717) is 6.04 Å². The van der Waals surface area contributed by atoms with E-state index < -0.39 is 0 Å². The first kappa shape index (κ1) is 13.3. The molecule has 20 heavy (non-hydrogen) atoms. The van der Waals surface area contributed by atoms with Gasteiger partial charge in [0, 0.05) is 38.6 Å². The Kier molecular flexibility index (Phi) is 4.40. The number of hydrogen-bond acceptors (Lipinski definition) is 5. The first-order valence-electron chi connectivity index (χ1n) is 7.15. The number of likely N-dealkylation sites (tertiary alicyclic amines) is 1. The predicted octanol–water partition coefficient (Wildman–Crippen LogP) is 1.48. The van der Waals surface area contributed by atoms with E-state index in [9.17, 15) is 0 Å². The predicted molar refractivity (Wildman–Crippen MR) is 76.1 cm³/mol. The SMILES string of the molecule is c1ccc(CN2CCC(NCCc3ncon3)C2)cc1. The standard InChI is InChI=1S/C15H20N4O/c1-2-4-13(5-3-1)10-19-9-7-14(11-19)16-8-6-15-17-12-20-18-15/h1-5,12,14,16H,6-11H2. The quantitative estimate of drug-likeness (QED) is 0.863. The van der Waals surface area contributed by atoms with Crippen molar-refractivity contribution >= 4 is 0 Å². The van der Waals surface area contributed by atoms with Gasteiger partial charge >= 0.3 is 0 Å². The molecule has 0 bridgehead atoms. The molecule has 106 valence electrons. The van der Waals surface area contributed by atoms with Gasteiger partial charge in [-0.2, -0.15) is 4.98 Å². The average molecular weight is 272 g/mol. The maximum absolute atomic E-state index is 4.72. The summed E-state index contributed by atoms with van der Waals surface area (Å²) < 4.78 is 4.72. The second-order valence-corrected chi connectivity index (χ2v) is 5.26. The maximum Gasteiger partial charge on any atom is 0.213 e. The summed E-state index contributed by atoms with van der Waals surface area (Å²) in [5.41, 5.74) is 1.39. The molecule has 2 heterocycles. The number of aromatic nitrogens is 2. The van der Waals surface area contributed by atoms with Gasteiger partial charge in [-0.25, -0.2) is 0 Å². The molecule has 1 N–H and O–H groups in total. The van der Waals surface area contributed by atoms with Crippen LogP contribution in [0.5, 0.6) is 0 Å². The number of benzene rings is 1. The van der Waals surface area contributed by atoms with Gasteiger partial charge < -0.3 is 9.84 Å². The zero-order valence-corrected chi connectivity index (χ0v) is 11.5. The van der Waals surface area contributed by atoms with Gasteiger partial charge in [0.25, 0.3) is 0 Å². The highest BCUT2D eigenvalue weighted by molar-refractivity contribution is 5.14. The van der Waals surface area contributed by atoms with Gasteiger partial charge in [-0.05, 0) is 12.0 Å². The fourth-order valence-electron chi connectivity index (χ4n) is 2.68. The smallest absolute Gasteiger partial charge is 0.213 e. The molecule has 1 atom stereocenters. The molecule has 0 aliphatic carbocycles. The largest absolute Gasteiger partial charge is 0.343 e. The van der Waals surface area contributed by atoms with Crippen molar-refractivity contribution in [1.29, 1.82) is 0 Å². The van der Waals surface area contributed by atoms with E-state index >= 15 is 0 Å². The lowest BCUT2D eigenvalue weighted by atomic mass is 10.2. The Hall–Kier alpha value is -1.72. The zero-order valence-electron chi connectivity index (χ0n) is 11.5.